The fraction of sp³-hybridized carbons (Fsp3) is 0.875. The van der Waals surface area contributed by atoms with Crippen LogP contribution in [0.1, 0.15) is 19.8 Å². The van der Waals surface area contributed by atoms with E-state index < -0.39 is 27.1 Å². The van der Waals surface area contributed by atoms with Gasteiger partial charge in [-0.25, -0.2) is 8.42 Å². The summed E-state index contributed by atoms with van der Waals surface area (Å²) >= 11 is 0. The van der Waals surface area contributed by atoms with Crippen LogP contribution >= 0.6 is 0 Å². The second kappa shape index (κ2) is 4.27. The first kappa shape index (κ1) is 11.5. The number of sulfone groups is 1. The minimum atomic E-state index is -2.96. The molecule has 0 aliphatic carbocycles. The second-order valence-corrected chi connectivity index (χ2v) is 6.00. The van der Waals surface area contributed by atoms with Gasteiger partial charge in [0.05, 0.1) is 11.0 Å². The molecule has 0 radical (unpaired) electrons. The van der Waals surface area contributed by atoms with Crippen molar-refractivity contribution in [2.24, 2.45) is 0 Å². The van der Waals surface area contributed by atoms with E-state index in [1.807, 2.05) is 0 Å². The maximum Gasteiger partial charge on any atom is 0.320 e. The Balaban J connectivity index is 2.43. The molecular formula is C8H15NO4S. The molecule has 6 heteroatoms. The van der Waals surface area contributed by atoms with Crippen molar-refractivity contribution in [1.82, 2.24) is 5.32 Å². The topological polar surface area (TPSA) is 83.5 Å². The van der Waals surface area contributed by atoms with Crippen molar-refractivity contribution in [3.8, 4) is 0 Å². The van der Waals surface area contributed by atoms with Crippen molar-refractivity contribution in [3.63, 3.8) is 0 Å². The van der Waals surface area contributed by atoms with Crippen molar-refractivity contribution in [2.75, 3.05) is 12.3 Å². The highest BCUT2D eigenvalue weighted by atomic mass is 32.2. The van der Waals surface area contributed by atoms with Crippen LogP contribution in [0.25, 0.3) is 0 Å². The Labute approximate surface area is 83.4 Å². The minimum Gasteiger partial charge on any atom is -0.480 e. The van der Waals surface area contributed by atoms with Crippen LogP contribution in [-0.2, 0) is 14.6 Å². The SMILES string of the molecule is CC(NCC1CCCS1(=O)=O)C(=O)O. The first-order valence-corrected chi connectivity index (χ1v) is 6.33. The van der Waals surface area contributed by atoms with Crippen molar-refractivity contribution < 1.29 is 18.3 Å². The average Bonchev–Trinajstić information content (AvgIpc) is 2.40. The maximum atomic E-state index is 11.4. The van der Waals surface area contributed by atoms with E-state index in [-0.39, 0.29) is 12.3 Å². The molecule has 14 heavy (non-hydrogen) atoms. The molecule has 1 aliphatic heterocycles. The summed E-state index contributed by atoms with van der Waals surface area (Å²) in [7, 11) is -2.96. The Hall–Kier alpha value is -0.620. The van der Waals surface area contributed by atoms with Crippen LogP contribution in [0.5, 0.6) is 0 Å². The standard InChI is InChI=1S/C8H15NO4S/c1-6(8(10)11)9-5-7-3-2-4-14(7,12)13/h6-7,9H,2-5H2,1H3,(H,10,11). The fourth-order valence-corrected chi connectivity index (χ4v) is 3.26. The Kier molecular flexibility index (Phi) is 3.49. The summed E-state index contributed by atoms with van der Waals surface area (Å²) in [5, 5.41) is 10.9. The summed E-state index contributed by atoms with van der Waals surface area (Å²) in [5.74, 6) is -0.721. The normalized spacial score (nSPS) is 27.4. The largest absolute Gasteiger partial charge is 0.480 e. The van der Waals surface area contributed by atoms with Crippen LogP contribution < -0.4 is 5.32 Å². The maximum absolute atomic E-state index is 11.4. The molecule has 0 spiro atoms. The van der Waals surface area contributed by atoms with Gasteiger partial charge in [0.15, 0.2) is 9.84 Å². The van der Waals surface area contributed by atoms with E-state index >= 15 is 0 Å². The number of aliphatic carboxylic acids is 1. The molecule has 5 nitrogen and oxygen atoms in total. The van der Waals surface area contributed by atoms with Gasteiger partial charge in [-0.2, -0.15) is 0 Å². The first-order chi connectivity index (χ1) is 6.43. The van der Waals surface area contributed by atoms with E-state index in [0.717, 1.165) is 0 Å². The fourth-order valence-electron chi connectivity index (χ4n) is 1.48. The lowest BCUT2D eigenvalue weighted by molar-refractivity contribution is -0.138. The van der Waals surface area contributed by atoms with E-state index in [4.69, 9.17) is 5.11 Å². The van der Waals surface area contributed by atoms with Crippen molar-refractivity contribution in [1.29, 1.82) is 0 Å². The van der Waals surface area contributed by atoms with Crippen LogP contribution in [0.2, 0.25) is 0 Å². The lowest BCUT2D eigenvalue weighted by Crippen LogP contribution is -2.40. The van der Waals surface area contributed by atoms with E-state index in [9.17, 15) is 13.2 Å². The number of carbonyl (C=O) groups is 1. The van der Waals surface area contributed by atoms with Crippen molar-refractivity contribution >= 4 is 15.8 Å². The van der Waals surface area contributed by atoms with Gasteiger partial charge in [0.1, 0.15) is 6.04 Å². The van der Waals surface area contributed by atoms with Crippen LogP contribution in [-0.4, -0.2) is 43.1 Å². The predicted octanol–water partition coefficient (Wildman–Crippen LogP) is -0.374. The molecule has 2 unspecified atom stereocenters. The Morgan fingerprint density at radius 2 is 2.29 bits per heavy atom. The van der Waals surface area contributed by atoms with Gasteiger partial charge in [-0.05, 0) is 19.8 Å². The van der Waals surface area contributed by atoms with Crippen molar-refractivity contribution in [3.05, 3.63) is 0 Å². The Morgan fingerprint density at radius 1 is 1.64 bits per heavy atom. The van der Waals surface area contributed by atoms with Gasteiger partial charge in [-0.15, -0.1) is 0 Å². The van der Waals surface area contributed by atoms with Gasteiger partial charge >= 0.3 is 5.97 Å². The second-order valence-electron chi connectivity index (χ2n) is 3.60. The minimum absolute atomic E-state index is 0.237. The summed E-state index contributed by atoms with van der Waals surface area (Å²) in [6.07, 6.45) is 1.33. The molecule has 0 amide bonds. The van der Waals surface area contributed by atoms with E-state index in [1.165, 1.54) is 6.92 Å². The number of hydrogen-bond acceptors (Lipinski definition) is 4. The lowest BCUT2D eigenvalue weighted by Gasteiger charge is -2.13. The summed E-state index contributed by atoms with van der Waals surface area (Å²) in [6, 6.07) is -0.689. The number of carboxylic acids is 1. The number of carboxylic acid groups (broad SMARTS) is 1. The zero-order chi connectivity index (χ0) is 10.8. The third-order valence-electron chi connectivity index (χ3n) is 2.48. The number of rotatable bonds is 4. The van der Waals surface area contributed by atoms with Gasteiger partial charge in [0.2, 0.25) is 0 Å². The zero-order valence-corrected chi connectivity index (χ0v) is 8.88. The summed E-state index contributed by atoms with van der Waals surface area (Å²) in [5.41, 5.74) is 0. The first-order valence-electron chi connectivity index (χ1n) is 4.61. The smallest absolute Gasteiger partial charge is 0.320 e. The lowest BCUT2D eigenvalue weighted by atomic mass is 10.2. The molecule has 0 aromatic heterocycles. The quantitative estimate of drug-likeness (QED) is 0.676. The highest BCUT2D eigenvalue weighted by Crippen LogP contribution is 2.19. The molecular weight excluding hydrogens is 206 g/mol. The zero-order valence-electron chi connectivity index (χ0n) is 8.06. The van der Waals surface area contributed by atoms with Crippen molar-refractivity contribution in [2.45, 2.75) is 31.1 Å². The molecule has 1 fully saturated rings. The molecule has 1 heterocycles. The molecule has 0 bridgehead atoms. The molecule has 2 atom stereocenters. The van der Waals surface area contributed by atoms with Gasteiger partial charge < -0.3 is 10.4 Å². The molecule has 1 saturated heterocycles. The Bertz CT molecular complexity index is 311. The van der Waals surface area contributed by atoms with Gasteiger partial charge in [0.25, 0.3) is 0 Å². The van der Waals surface area contributed by atoms with E-state index in [2.05, 4.69) is 5.32 Å². The van der Waals surface area contributed by atoms with Gasteiger partial charge in [0, 0.05) is 6.54 Å². The molecule has 1 rings (SSSR count). The molecule has 0 aromatic carbocycles. The summed E-state index contributed by atoms with van der Waals surface area (Å²) in [6.45, 7) is 1.75. The van der Waals surface area contributed by atoms with Crippen LogP contribution in [0.3, 0.4) is 0 Å². The molecule has 82 valence electrons. The third-order valence-corrected chi connectivity index (χ3v) is 4.76. The van der Waals surface area contributed by atoms with Crippen LogP contribution in [0.4, 0.5) is 0 Å². The number of nitrogens with one attached hydrogen (secondary N) is 1. The molecule has 0 saturated carbocycles. The predicted molar refractivity (Wildman–Crippen MR) is 51.9 cm³/mol. The van der Waals surface area contributed by atoms with E-state index in [0.29, 0.717) is 12.8 Å². The summed E-state index contributed by atoms with van der Waals surface area (Å²) < 4.78 is 22.7. The molecule has 0 aromatic rings. The van der Waals surface area contributed by atoms with Crippen LogP contribution in [0.15, 0.2) is 0 Å². The van der Waals surface area contributed by atoms with Crippen LogP contribution in [0, 0.1) is 0 Å². The highest BCUT2D eigenvalue weighted by Gasteiger charge is 2.31. The van der Waals surface area contributed by atoms with E-state index in [1.54, 1.807) is 0 Å². The molecule has 2 N–H and O–H groups in total. The number of hydrogen-bond donors (Lipinski definition) is 2. The third kappa shape index (κ3) is 2.68. The van der Waals surface area contributed by atoms with Gasteiger partial charge in [-0.1, -0.05) is 0 Å². The monoisotopic (exact) mass is 221 g/mol. The van der Waals surface area contributed by atoms with Gasteiger partial charge in [-0.3, -0.25) is 4.79 Å². The Morgan fingerprint density at radius 3 is 2.71 bits per heavy atom. The summed E-state index contributed by atoms with van der Waals surface area (Å²) in [4.78, 5) is 10.5. The average molecular weight is 221 g/mol. The highest BCUT2D eigenvalue weighted by molar-refractivity contribution is 7.92. The molecule has 1 aliphatic rings.